The summed E-state index contributed by atoms with van der Waals surface area (Å²) in [6.07, 6.45) is 5.99. The molecule has 1 aliphatic carbocycles. The molecule has 0 saturated heterocycles. The van der Waals surface area contributed by atoms with Crippen LogP contribution in [0.15, 0.2) is 60.6 Å². The number of hydrogen-bond donors (Lipinski definition) is 1. The Morgan fingerprint density at radius 2 is 1.88 bits per heavy atom. The van der Waals surface area contributed by atoms with Crippen molar-refractivity contribution >= 4 is 11.4 Å². The van der Waals surface area contributed by atoms with Crippen LogP contribution in [-0.2, 0) is 14.9 Å². The van der Waals surface area contributed by atoms with Crippen molar-refractivity contribution in [3.63, 3.8) is 0 Å². The number of aromatic nitrogens is 1. The van der Waals surface area contributed by atoms with E-state index in [-0.39, 0.29) is 11.3 Å². The van der Waals surface area contributed by atoms with Gasteiger partial charge in [0.05, 0.1) is 19.6 Å². The van der Waals surface area contributed by atoms with E-state index in [9.17, 15) is 0 Å². The topological polar surface area (TPSA) is 43.4 Å². The molecule has 0 saturated carbocycles. The summed E-state index contributed by atoms with van der Waals surface area (Å²) in [5, 5.41) is 3.33. The average molecular weight is 320 g/mol. The maximum Gasteiger partial charge on any atom is 0.183 e. The van der Waals surface area contributed by atoms with Crippen LogP contribution in [0.3, 0.4) is 0 Å². The second-order valence-corrected chi connectivity index (χ2v) is 6.24. The average Bonchev–Trinajstić information content (AvgIpc) is 2.65. The van der Waals surface area contributed by atoms with Gasteiger partial charge >= 0.3 is 0 Å². The van der Waals surface area contributed by atoms with E-state index < -0.39 is 0 Å². The van der Waals surface area contributed by atoms with E-state index >= 15 is 0 Å². The monoisotopic (exact) mass is 320 g/mol. The summed E-state index contributed by atoms with van der Waals surface area (Å²) in [5.41, 5.74) is 3.89. The number of pyridine rings is 1. The van der Waals surface area contributed by atoms with Gasteiger partial charge in [-0.1, -0.05) is 36.4 Å². The van der Waals surface area contributed by atoms with Crippen LogP contribution in [0.2, 0.25) is 0 Å². The van der Waals surface area contributed by atoms with Gasteiger partial charge in [0.15, 0.2) is 11.5 Å². The molecule has 0 amide bonds. The fourth-order valence-electron chi connectivity index (χ4n) is 3.98. The molecule has 2 heterocycles. The predicted octanol–water partition coefficient (Wildman–Crippen LogP) is 4.04. The molecule has 4 nitrogen and oxygen atoms in total. The number of rotatable bonds is 3. The summed E-state index contributed by atoms with van der Waals surface area (Å²) in [5.74, 6) is 1.63. The molecule has 0 radical (unpaired) electrons. The van der Waals surface area contributed by atoms with Gasteiger partial charge in [-0.3, -0.25) is 4.98 Å². The molecule has 2 aromatic rings. The summed E-state index contributed by atoms with van der Waals surface area (Å²) < 4.78 is 11.6. The van der Waals surface area contributed by atoms with Crippen molar-refractivity contribution in [3.8, 4) is 0 Å². The lowest BCUT2D eigenvalue weighted by atomic mass is 9.63. The number of methoxy groups -OCH3 is 2. The molecule has 4 heteroatoms. The third-order valence-electron chi connectivity index (χ3n) is 5.13. The molecule has 24 heavy (non-hydrogen) atoms. The van der Waals surface area contributed by atoms with Crippen molar-refractivity contribution in [2.45, 2.75) is 18.3 Å². The summed E-state index contributed by atoms with van der Waals surface area (Å²) in [7, 11) is 3.38. The molecule has 1 aromatic carbocycles. The lowest BCUT2D eigenvalue weighted by molar-refractivity contribution is 0.195. The van der Waals surface area contributed by atoms with Crippen LogP contribution in [0.25, 0.3) is 5.76 Å². The van der Waals surface area contributed by atoms with Crippen molar-refractivity contribution < 1.29 is 9.47 Å². The van der Waals surface area contributed by atoms with E-state index in [0.717, 1.165) is 22.7 Å². The van der Waals surface area contributed by atoms with Gasteiger partial charge in [-0.15, -0.1) is 0 Å². The Labute approximate surface area is 141 Å². The number of nitrogens with one attached hydrogen (secondary N) is 1. The highest BCUT2D eigenvalue weighted by Crippen LogP contribution is 2.55. The molecule has 0 fully saturated rings. The van der Waals surface area contributed by atoms with Gasteiger partial charge in [0, 0.05) is 23.4 Å². The maximum absolute atomic E-state index is 5.88. The minimum atomic E-state index is -0.370. The lowest BCUT2D eigenvalue weighted by Crippen LogP contribution is -2.38. The second kappa shape index (κ2) is 5.41. The van der Waals surface area contributed by atoms with E-state index in [4.69, 9.17) is 9.47 Å². The SMILES string of the molecule is COC1=C(OC)C(C)(c2ccccc2)C2C=CNc3ccnc1c32. The molecule has 2 aliphatic rings. The number of anilines is 1. The highest BCUT2D eigenvalue weighted by Gasteiger charge is 2.49. The normalized spacial score (nSPS) is 24.2. The van der Waals surface area contributed by atoms with Crippen LogP contribution in [0.5, 0.6) is 0 Å². The van der Waals surface area contributed by atoms with Crippen molar-refractivity contribution in [1.82, 2.24) is 4.98 Å². The van der Waals surface area contributed by atoms with E-state index in [2.05, 4.69) is 47.6 Å². The molecule has 0 spiro atoms. The molecule has 2 atom stereocenters. The Kier molecular flexibility index (Phi) is 3.34. The zero-order valence-electron chi connectivity index (χ0n) is 14.0. The number of hydrogen-bond acceptors (Lipinski definition) is 4. The molecule has 4 rings (SSSR count). The third-order valence-corrected chi connectivity index (χ3v) is 5.13. The minimum Gasteiger partial charge on any atom is -0.496 e. The van der Waals surface area contributed by atoms with E-state index in [0.29, 0.717) is 5.76 Å². The van der Waals surface area contributed by atoms with Gasteiger partial charge in [0.1, 0.15) is 5.69 Å². The van der Waals surface area contributed by atoms with Crippen LogP contribution in [0.4, 0.5) is 5.69 Å². The summed E-state index contributed by atoms with van der Waals surface area (Å²) in [6, 6.07) is 12.4. The van der Waals surface area contributed by atoms with Crippen LogP contribution in [0, 0.1) is 0 Å². The van der Waals surface area contributed by atoms with Gasteiger partial charge in [-0.25, -0.2) is 0 Å². The Morgan fingerprint density at radius 1 is 1.08 bits per heavy atom. The van der Waals surface area contributed by atoms with E-state index in [1.54, 1.807) is 20.4 Å². The maximum atomic E-state index is 5.88. The summed E-state index contributed by atoms with van der Waals surface area (Å²) >= 11 is 0. The second-order valence-electron chi connectivity index (χ2n) is 6.24. The van der Waals surface area contributed by atoms with Crippen LogP contribution in [0.1, 0.15) is 29.7 Å². The van der Waals surface area contributed by atoms with E-state index in [1.165, 1.54) is 5.56 Å². The zero-order valence-corrected chi connectivity index (χ0v) is 14.0. The molecule has 1 aromatic heterocycles. The fourth-order valence-corrected chi connectivity index (χ4v) is 3.98. The van der Waals surface area contributed by atoms with Crippen molar-refractivity contribution in [2.24, 2.45) is 0 Å². The van der Waals surface area contributed by atoms with Gasteiger partial charge in [-0.05, 0) is 24.8 Å². The van der Waals surface area contributed by atoms with Gasteiger partial charge in [0.25, 0.3) is 0 Å². The Morgan fingerprint density at radius 3 is 2.58 bits per heavy atom. The van der Waals surface area contributed by atoms with Gasteiger partial charge in [0.2, 0.25) is 0 Å². The first-order valence-electron chi connectivity index (χ1n) is 8.02. The first-order valence-corrected chi connectivity index (χ1v) is 8.02. The van der Waals surface area contributed by atoms with Crippen molar-refractivity contribution in [3.05, 3.63) is 77.5 Å². The predicted molar refractivity (Wildman–Crippen MR) is 94.5 cm³/mol. The Bertz CT molecular complexity index is 842. The molecular weight excluding hydrogens is 300 g/mol. The van der Waals surface area contributed by atoms with Crippen LogP contribution < -0.4 is 5.32 Å². The molecule has 1 N–H and O–H groups in total. The number of ether oxygens (including phenoxy) is 2. The number of nitrogens with zero attached hydrogens (tertiary/aromatic N) is 1. The number of allylic oxidation sites excluding steroid dienone is 2. The molecule has 1 aliphatic heterocycles. The Balaban J connectivity index is 2.08. The van der Waals surface area contributed by atoms with Gasteiger partial charge < -0.3 is 14.8 Å². The van der Waals surface area contributed by atoms with Crippen LogP contribution in [-0.4, -0.2) is 19.2 Å². The molecular formula is C20H20N2O2. The first kappa shape index (κ1) is 14.8. The standard InChI is InChI=1S/C20H20N2O2/c1-20(13-7-5-4-6-8-13)14-9-11-21-15-10-12-22-17(16(14)15)18(23-2)19(20)24-3/h4-12,14,21H,1-3H3. The first-order chi connectivity index (χ1) is 11.7. The van der Waals surface area contributed by atoms with Crippen LogP contribution >= 0.6 is 0 Å². The highest BCUT2D eigenvalue weighted by atomic mass is 16.5. The van der Waals surface area contributed by atoms with Crippen molar-refractivity contribution in [1.29, 1.82) is 0 Å². The van der Waals surface area contributed by atoms with E-state index in [1.807, 2.05) is 18.3 Å². The highest BCUT2D eigenvalue weighted by molar-refractivity contribution is 5.77. The minimum absolute atomic E-state index is 0.119. The zero-order chi connectivity index (χ0) is 16.7. The molecule has 122 valence electrons. The largest absolute Gasteiger partial charge is 0.496 e. The fraction of sp³-hybridized carbons (Fsp3) is 0.250. The lowest BCUT2D eigenvalue weighted by Gasteiger charge is -2.44. The summed E-state index contributed by atoms with van der Waals surface area (Å²) in [6.45, 7) is 2.21. The summed E-state index contributed by atoms with van der Waals surface area (Å²) in [4.78, 5) is 4.59. The smallest absolute Gasteiger partial charge is 0.183 e. The quantitative estimate of drug-likeness (QED) is 0.927. The van der Waals surface area contributed by atoms with Gasteiger partial charge in [-0.2, -0.15) is 0 Å². The molecule has 0 bridgehead atoms. The Hall–Kier alpha value is -2.75. The van der Waals surface area contributed by atoms with Crippen molar-refractivity contribution in [2.75, 3.05) is 19.5 Å². The molecule has 2 unspecified atom stereocenters. The third kappa shape index (κ3) is 1.83. The number of benzene rings is 1.